The Kier molecular flexibility index (Phi) is 3.98. The zero-order valence-electron chi connectivity index (χ0n) is 11.9. The molecule has 0 aliphatic carbocycles. The van der Waals surface area contributed by atoms with Gasteiger partial charge in [0.1, 0.15) is 0 Å². The number of nitrogens with zero attached hydrogens (tertiary/aromatic N) is 1. The SMILES string of the molecule is CNCCCn1c2ccc(C)cc2c2cc(I)ccc21. The summed E-state index contributed by atoms with van der Waals surface area (Å²) in [5.74, 6) is 0. The van der Waals surface area contributed by atoms with Crippen molar-refractivity contribution >= 4 is 44.4 Å². The van der Waals surface area contributed by atoms with Gasteiger partial charge >= 0.3 is 0 Å². The summed E-state index contributed by atoms with van der Waals surface area (Å²) in [6.07, 6.45) is 1.15. The molecule has 0 spiro atoms. The Morgan fingerprint density at radius 3 is 2.50 bits per heavy atom. The average Bonchev–Trinajstić information content (AvgIpc) is 2.72. The lowest BCUT2D eigenvalue weighted by Gasteiger charge is -2.07. The van der Waals surface area contributed by atoms with Gasteiger partial charge in [-0.3, -0.25) is 0 Å². The van der Waals surface area contributed by atoms with Crippen LogP contribution in [0, 0.1) is 10.5 Å². The van der Waals surface area contributed by atoms with Crippen LogP contribution in [0.5, 0.6) is 0 Å². The van der Waals surface area contributed by atoms with Gasteiger partial charge < -0.3 is 9.88 Å². The van der Waals surface area contributed by atoms with Gasteiger partial charge in [-0.15, -0.1) is 0 Å². The van der Waals surface area contributed by atoms with E-state index in [1.165, 1.54) is 30.9 Å². The minimum absolute atomic E-state index is 1.05. The standard InChI is InChI=1S/C17H19IN2/c1-12-4-6-16-14(10-12)15-11-13(18)5-7-17(15)20(16)9-3-8-19-2/h4-7,10-11,19H,3,8-9H2,1-2H3. The van der Waals surface area contributed by atoms with Gasteiger partial charge in [0, 0.05) is 31.9 Å². The molecule has 3 heteroatoms. The number of benzene rings is 2. The molecule has 0 fully saturated rings. The molecule has 2 nitrogen and oxygen atoms in total. The van der Waals surface area contributed by atoms with Crippen LogP contribution >= 0.6 is 22.6 Å². The van der Waals surface area contributed by atoms with Crippen LogP contribution in [-0.4, -0.2) is 18.2 Å². The molecule has 20 heavy (non-hydrogen) atoms. The first-order valence-corrected chi connectivity index (χ1v) is 8.11. The van der Waals surface area contributed by atoms with Crippen molar-refractivity contribution in [1.82, 2.24) is 9.88 Å². The molecule has 3 aromatic rings. The van der Waals surface area contributed by atoms with Crippen molar-refractivity contribution in [3.8, 4) is 0 Å². The maximum atomic E-state index is 3.23. The minimum Gasteiger partial charge on any atom is -0.340 e. The fourth-order valence-electron chi connectivity index (χ4n) is 2.84. The quantitative estimate of drug-likeness (QED) is 0.529. The van der Waals surface area contributed by atoms with Crippen LogP contribution in [0.25, 0.3) is 21.8 Å². The first-order chi connectivity index (χ1) is 9.70. The molecular formula is C17H19IN2. The summed E-state index contributed by atoms with van der Waals surface area (Å²) in [5, 5.41) is 5.98. The summed E-state index contributed by atoms with van der Waals surface area (Å²) in [6, 6.07) is 13.5. The van der Waals surface area contributed by atoms with Crippen molar-refractivity contribution in [3.63, 3.8) is 0 Å². The Bertz CT molecular complexity index is 699. The maximum absolute atomic E-state index is 3.23. The minimum atomic E-state index is 1.05. The molecule has 1 N–H and O–H groups in total. The predicted octanol–water partition coefficient (Wildman–Crippen LogP) is 4.32. The van der Waals surface area contributed by atoms with Crippen molar-refractivity contribution in [2.45, 2.75) is 19.9 Å². The molecule has 104 valence electrons. The molecule has 0 bridgehead atoms. The van der Waals surface area contributed by atoms with Crippen LogP contribution in [0.1, 0.15) is 12.0 Å². The van der Waals surface area contributed by atoms with Crippen molar-refractivity contribution < 1.29 is 0 Å². The van der Waals surface area contributed by atoms with Crippen LogP contribution in [0.4, 0.5) is 0 Å². The van der Waals surface area contributed by atoms with Gasteiger partial charge in [0.25, 0.3) is 0 Å². The highest BCUT2D eigenvalue weighted by Crippen LogP contribution is 2.31. The molecule has 0 aliphatic rings. The highest BCUT2D eigenvalue weighted by atomic mass is 127. The van der Waals surface area contributed by atoms with Crippen molar-refractivity contribution in [2.24, 2.45) is 0 Å². The molecule has 0 saturated carbocycles. The Morgan fingerprint density at radius 2 is 1.75 bits per heavy atom. The Morgan fingerprint density at radius 1 is 1.05 bits per heavy atom. The highest BCUT2D eigenvalue weighted by molar-refractivity contribution is 14.1. The largest absolute Gasteiger partial charge is 0.340 e. The number of fused-ring (bicyclic) bond motifs is 3. The van der Waals surface area contributed by atoms with E-state index in [0.717, 1.165) is 19.5 Å². The molecule has 1 heterocycles. The third-order valence-corrected chi connectivity index (χ3v) is 4.46. The van der Waals surface area contributed by atoms with E-state index < -0.39 is 0 Å². The molecule has 1 aromatic heterocycles. The van der Waals surface area contributed by atoms with Gasteiger partial charge in [-0.1, -0.05) is 11.6 Å². The van der Waals surface area contributed by atoms with Gasteiger partial charge in [0.2, 0.25) is 0 Å². The number of hydrogen-bond acceptors (Lipinski definition) is 1. The molecule has 0 unspecified atom stereocenters. The number of rotatable bonds is 4. The second-order valence-corrected chi connectivity index (χ2v) is 6.54. The first-order valence-electron chi connectivity index (χ1n) is 7.03. The van der Waals surface area contributed by atoms with Crippen LogP contribution < -0.4 is 5.32 Å². The van der Waals surface area contributed by atoms with Gasteiger partial charge in [-0.25, -0.2) is 0 Å². The molecule has 0 amide bonds. The number of aryl methyl sites for hydroxylation is 2. The van der Waals surface area contributed by atoms with E-state index >= 15 is 0 Å². The number of nitrogens with one attached hydrogen (secondary N) is 1. The second kappa shape index (κ2) is 5.74. The second-order valence-electron chi connectivity index (χ2n) is 5.29. The number of hydrogen-bond donors (Lipinski definition) is 1. The molecule has 0 saturated heterocycles. The van der Waals surface area contributed by atoms with Gasteiger partial charge in [0.05, 0.1) is 0 Å². The Balaban J connectivity index is 2.23. The zero-order valence-corrected chi connectivity index (χ0v) is 14.1. The van der Waals surface area contributed by atoms with E-state index in [9.17, 15) is 0 Å². The highest BCUT2D eigenvalue weighted by Gasteiger charge is 2.10. The van der Waals surface area contributed by atoms with E-state index in [1.807, 2.05) is 7.05 Å². The van der Waals surface area contributed by atoms with E-state index in [2.05, 4.69) is 75.8 Å². The van der Waals surface area contributed by atoms with E-state index in [4.69, 9.17) is 0 Å². The summed E-state index contributed by atoms with van der Waals surface area (Å²) in [5.41, 5.74) is 4.02. The third kappa shape index (κ3) is 2.44. The Labute approximate surface area is 133 Å². The Hall–Kier alpha value is -1.07. The fourth-order valence-corrected chi connectivity index (χ4v) is 3.34. The van der Waals surface area contributed by atoms with Crippen molar-refractivity contribution in [2.75, 3.05) is 13.6 Å². The average molecular weight is 378 g/mol. The first kappa shape index (κ1) is 13.9. The molecule has 0 radical (unpaired) electrons. The zero-order chi connectivity index (χ0) is 14.1. The third-order valence-electron chi connectivity index (χ3n) is 3.79. The molecule has 0 atom stereocenters. The van der Waals surface area contributed by atoms with Crippen LogP contribution in [0.15, 0.2) is 36.4 Å². The van der Waals surface area contributed by atoms with E-state index in [-0.39, 0.29) is 0 Å². The summed E-state index contributed by atoms with van der Waals surface area (Å²) >= 11 is 2.39. The molecule has 2 aromatic carbocycles. The van der Waals surface area contributed by atoms with Crippen LogP contribution in [0.3, 0.4) is 0 Å². The van der Waals surface area contributed by atoms with E-state index in [1.54, 1.807) is 0 Å². The molecule has 3 rings (SSSR count). The fraction of sp³-hybridized carbons (Fsp3) is 0.294. The summed E-state index contributed by atoms with van der Waals surface area (Å²) in [7, 11) is 2.01. The molecule has 0 aliphatic heterocycles. The molecular weight excluding hydrogens is 359 g/mol. The summed E-state index contributed by atoms with van der Waals surface area (Å²) in [6.45, 7) is 4.28. The smallest absolute Gasteiger partial charge is 0.0492 e. The normalized spacial score (nSPS) is 11.6. The van der Waals surface area contributed by atoms with Gasteiger partial charge in [-0.2, -0.15) is 0 Å². The summed E-state index contributed by atoms with van der Waals surface area (Å²) in [4.78, 5) is 0. The lowest BCUT2D eigenvalue weighted by atomic mass is 10.1. The summed E-state index contributed by atoms with van der Waals surface area (Å²) < 4.78 is 3.75. The van der Waals surface area contributed by atoms with Gasteiger partial charge in [-0.05, 0) is 79.9 Å². The lowest BCUT2D eigenvalue weighted by Crippen LogP contribution is -2.10. The topological polar surface area (TPSA) is 17.0 Å². The lowest BCUT2D eigenvalue weighted by molar-refractivity contribution is 0.638. The van der Waals surface area contributed by atoms with Crippen LogP contribution in [0.2, 0.25) is 0 Å². The maximum Gasteiger partial charge on any atom is 0.0492 e. The van der Waals surface area contributed by atoms with Crippen molar-refractivity contribution in [1.29, 1.82) is 0 Å². The van der Waals surface area contributed by atoms with Crippen molar-refractivity contribution in [3.05, 3.63) is 45.5 Å². The number of halogens is 1. The monoisotopic (exact) mass is 378 g/mol. The van der Waals surface area contributed by atoms with E-state index in [0.29, 0.717) is 0 Å². The number of aromatic nitrogens is 1. The van der Waals surface area contributed by atoms with Gasteiger partial charge in [0.15, 0.2) is 0 Å². The predicted molar refractivity (Wildman–Crippen MR) is 95.4 cm³/mol. The van der Waals surface area contributed by atoms with Crippen LogP contribution in [-0.2, 0) is 6.54 Å².